The van der Waals surface area contributed by atoms with Crippen molar-refractivity contribution in [2.45, 2.75) is 65.3 Å². The van der Waals surface area contributed by atoms with E-state index < -0.39 is 0 Å². The van der Waals surface area contributed by atoms with Gasteiger partial charge in [0.15, 0.2) is 0 Å². The number of hydrogen-bond acceptors (Lipinski definition) is 1. The van der Waals surface area contributed by atoms with Gasteiger partial charge in [0, 0.05) is 6.54 Å². The van der Waals surface area contributed by atoms with Crippen LogP contribution in [0.3, 0.4) is 0 Å². The Bertz CT molecular complexity index is 954. The minimum atomic E-state index is 1.04. The van der Waals surface area contributed by atoms with Gasteiger partial charge in [-0.25, -0.2) is 0 Å². The van der Waals surface area contributed by atoms with Crippen molar-refractivity contribution in [3.8, 4) is 11.1 Å². The maximum Gasteiger partial charge on any atom is 0.0230 e. The molecule has 31 heavy (non-hydrogen) atoms. The Morgan fingerprint density at radius 3 is 1.90 bits per heavy atom. The monoisotopic (exact) mass is 413 g/mol. The van der Waals surface area contributed by atoms with E-state index in [1.54, 1.807) is 0 Å². The molecule has 0 aliphatic heterocycles. The molecule has 0 radical (unpaired) electrons. The number of unbranched alkanes of at least 4 members (excludes halogenated alkanes) is 4. The SMILES string of the molecule is Cc1ccccc1-c1ccc(CCCCCCCc2ccccc2CN(C)C)cc1C. The molecule has 3 aromatic rings. The first kappa shape index (κ1) is 23.3. The highest BCUT2D eigenvalue weighted by Crippen LogP contribution is 2.27. The zero-order chi connectivity index (χ0) is 22.1. The molecule has 0 bridgehead atoms. The Balaban J connectivity index is 1.39. The summed E-state index contributed by atoms with van der Waals surface area (Å²) in [6.07, 6.45) is 9.01. The van der Waals surface area contributed by atoms with Gasteiger partial charge in [-0.3, -0.25) is 0 Å². The van der Waals surface area contributed by atoms with Crippen molar-refractivity contribution in [3.63, 3.8) is 0 Å². The van der Waals surface area contributed by atoms with Crippen molar-refractivity contribution in [1.82, 2.24) is 4.90 Å². The lowest BCUT2D eigenvalue weighted by Crippen LogP contribution is -2.12. The van der Waals surface area contributed by atoms with E-state index in [1.165, 1.54) is 83.9 Å². The van der Waals surface area contributed by atoms with Gasteiger partial charge in [-0.2, -0.15) is 0 Å². The van der Waals surface area contributed by atoms with E-state index in [-0.39, 0.29) is 0 Å². The molecule has 0 aromatic heterocycles. The molecule has 3 aromatic carbocycles. The van der Waals surface area contributed by atoms with E-state index in [0.717, 1.165) is 6.54 Å². The molecule has 0 amide bonds. The van der Waals surface area contributed by atoms with Gasteiger partial charge >= 0.3 is 0 Å². The predicted octanol–water partition coefficient (Wildman–Crippen LogP) is 7.77. The van der Waals surface area contributed by atoms with Gasteiger partial charge in [0.1, 0.15) is 0 Å². The van der Waals surface area contributed by atoms with E-state index in [1.807, 2.05) is 0 Å². The number of hydrogen-bond donors (Lipinski definition) is 0. The third-order valence-corrected chi connectivity index (χ3v) is 6.24. The second-order valence-corrected chi connectivity index (χ2v) is 9.24. The van der Waals surface area contributed by atoms with Crippen LogP contribution >= 0.6 is 0 Å². The van der Waals surface area contributed by atoms with Crippen molar-refractivity contribution < 1.29 is 0 Å². The van der Waals surface area contributed by atoms with Crippen LogP contribution in [0.4, 0.5) is 0 Å². The first-order valence-electron chi connectivity index (χ1n) is 11.9. The molecule has 1 nitrogen and oxygen atoms in total. The fraction of sp³-hybridized carbons (Fsp3) is 0.400. The summed E-state index contributed by atoms with van der Waals surface area (Å²) < 4.78 is 0. The lowest BCUT2D eigenvalue weighted by molar-refractivity contribution is 0.400. The molecular formula is C30H39N. The smallest absolute Gasteiger partial charge is 0.0230 e. The lowest BCUT2D eigenvalue weighted by atomic mass is 9.94. The minimum Gasteiger partial charge on any atom is -0.305 e. The maximum absolute atomic E-state index is 2.39. The summed E-state index contributed by atoms with van der Waals surface area (Å²) in [5.41, 5.74) is 9.96. The first-order valence-corrected chi connectivity index (χ1v) is 11.9. The van der Waals surface area contributed by atoms with Crippen molar-refractivity contribution >= 4 is 0 Å². The average molecular weight is 414 g/mol. The standard InChI is InChI=1S/C30H39N/c1-24-14-10-13-19-29(24)30-21-20-26(22-25(30)2)15-8-6-5-7-9-16-27-17-11-12-18-28(27)23-31(3)4/h10-14,17-22H,5-9,15-16,23H2,1-4H3. The van der Waals surface area contributed by atoms with Gasteiger partial charge in [0.2, 0.25) is 0 Å². The molecule has 0 saturated heterocycles. The van der Waals surface area contributed by atoms with Crippen LogP contribution in [-0.2, 0) is 19.4 Å². The van der Waals surface area contributed by atoms with Gasteiger partial charge in [0.25, 0.3) is 0 Å². The number of aryl methyl sites for hydroxylation is 4. The third kappa shape index (κ3) is 7.08. The molecule has 1 heteroatoms. The van der Waals surface area contributed by atoms with E-state index in [4.69, 9.17) is 0 Å². The molecular weight excluding hydrogens is 374 g/mol. The summed E-state index contributed by atoms with van der Waals surface area (Å²) in [7, 11) is 4.29. The Labute approximate surface area is 190 Å². The average Bonchev–Trinajstić information content (AvgIpc) is 2.74. The highest BCUT2D eigenvalue weighted by atomic mass is 15.0. The van der Waals surface area contributed by atoms with Crippen LogP contribution in [0.5, 0.6) is 0 Å². The highest BCUT2D eigenvalue weighted by Gasteiger charge is 2.06. The zero-order valence-electron chi connectivity index (χ0n) is 20.0. The molecule has 0 fully saturated rings. The Kier molecular flexibility index (Phi) is 8.91. The summed E-state index contributed by atoms with van der Waals surface area (Å²) in [4.78, 5) is 2.26. The van der Waals surface area contributed by atoms with Crippen LogP contribution in [0.15, 0.2) is 66.7 Å². The third-order valence-electron chi connectivity index (χ3n) is 6.24. The van der Waals surface area contributed by atoms with E-state index in [2.05, 4.69) is 99.6 Å². The van der Waals surface area contributed by atoms with Crippen LogP contribution in [0.25, 0.3) is 11.1 Å². The Morgan fingerprint density at radius 1 is 0.581 bits per heavy atom. The number of nitrogens with zero attached hydrogens (tertiary/aromatic N) is 1. The van der Waals surface area contributed by atoms with Crippen LogP contribution in [0.2, 0.25) is 0 Å². The molecule has 0 aliphatic rings. The summed E-state index contributed by atoms with van der Waals surface area (Å²) in [5, 5.41) is 0. The van der Waals surface area contributed by atoms with E-state index in [0.29, 0.717) is 0 Å². The predicted molar refractivity (Wildman–Crippen MR) is 136 cm³/mol. The fourth-order valence-corrected chi connectivity index (χ4v) is 4.53. The number of rotatable bonds is 11. The van der Waals surface area contributed by atoms with Crippen LogP contribution < -0.4 is 0 Å². The van der Waals surface area contributed by atoms with Crippen molar-refractivity contribution in [3.05, 3.63) is 94.5 Å². The summed E-state index contributed by atoms with van der Waals surface area (Å²) >= 11 is 0. The minimum absolute atomic E-state index is 1.04. The normalized spacial score (nSPS) is 11.3. The van der Waals surface area contributed by atoms with Gasteiger partial charge in [0.05, 0.1) is 0 Å². The molecule has 164 valence electrons. The first-order chi connectivity index (χ1) is 15.0. The van der Waals surface area contributed by atoms with Crippen LogP contribution in [0, 0.1) is 13.8 Å². The van der Waals surface area contributed by atoms with E-state index >= 15 is 0 Å². The van der Waals surface area contributed by atoms with Gasteiger partial charge in [-0.05, 0) is 92.6 Å². The van der Waals surface area contributed by atoms with Crippen molar-refractivity contribution in [2.24, 2.45) is 0 Å². The molecule has 0 atom stereocenters. The van der Waals surface area contributed by atoms with E-state index in [9.17, 15) is 0 Å². The molecule has 0 N–H and O–H groups in total. The molecule has 0 heterocycles. The summed E-state index contributed by atoms with van der Waals surface area (Å²) in [6.45, 7) is 5.49. The topological polar surface area (TPSA) is 3.24 Å². The molecule has 0 spiro atoms. The fourth-order valence-electron chi connectivity index (χ4n) is 4.53. The highest BCUT2D eigenvalue weighted by molar-refractivity contribution is 5.70. The molecule has 0 saturated carbocycles. The van der Waals surface area contributed by atoms with Crippen LogP contribution in [0.1, 0.15) is 59.9 Å². The summed E-state index contributed by atoms with van der Waals surface area (Å²) in [6, 6.07) is 24.7. The maximum atomic E-state index is 2.39. The van der Waals surface area contributed by atoms with Gasteiger partial charge in [-0.1, -0.05) is 86.0 Å². The van der Waals surface area contributed by atoms with Crippen molar-refractivity contribution in [1.29, 1.82) is 0 Å². The van der Waals surface area contributed by atoms with Crippen LogP contribution in [-0.4, -0.2) is 19.0 Å². The van der Waals surface area contributed by atoms with Crippen molar-refractivity contribution in [2.75, 3.05) is 14.1 Å². The molecule has 0 aliphatic carbocycles. The second-order valence-electron chi connectivity index (χ2n) is 9.24. The largest absolute Gasteiger partial charge is 0.305 e. The zero-order valence-corrected chi connectivity index (χ0v) is 20.0. The number of benzene rings is 3. The molecule has 3 rings (SSSR count). The van der Waals surface area contributed by atoms with Gasteiger partial charge in [-0.15, -0.1) is 0 Å². The summed E-state index contributed by atoms with van der Waals surface area (Å²) in [5.74, 6) is 0. The quantitative estimate of drug-likeness (QED) is 0.290. The second kappa shape index (κ2) is 11.9. The van der Waals surface area contributed by atoms with Gasteiger partial charge < -0.3 is 4.90 Å². The Hall–Kier alpha value is -2.38. The lowest BCUT2D eigenvalue weighted by Gasteiger charge is -2.14. The Morgan fingerprint density at radius 2 is 1.19 bits per heavy atom. The molecule has 0 unspecified atom stereocenters.